The summed E-state index contributed by atoms with van der Waals surface area (Å²) in [7, 11) is 1.24. The van der Waals surface area contributed by atoms with Gasteiger partial charge >= 0.3 is 11.9 Å². The predicted molar refractivity (Wildman–Crippen MR) is 93.1 cm³/mol. The number of aliphatic carboxylic acids is 1. The van der Waals surface area contributed by atoms with E-state index in [0.717, 1.165) is 16.7 Å². The molecular weight excluding hydrogens is 304 g/mol. The molecule has 0 saturated carbocycles. The minimum atomic E-state index is -1.08. The van der Waals surface area contributed by atoms with Crippen LogP contribution >= 0.6 is 0 Å². The summed E-state index contributed by atoms with van der Waals surface area (Å²) in [6, 6.07) is 19.1. The predicted octanol–water partition coefficient (Wildman–Crippen LogP) is 3.80. The minimum Gasteiger partial charge on any atom is -0.481 e. The van der Waals surface area contributed by atoms with Crippen molar-refractivity contribution in [3.05, 3.63) is 83.4 Å². The van der Waals surface area contributed by atoms with E-state index in [0.29, 0.717) is 0 Å². The molecule has 0 saturated heterocycles. The van der Waals surface area contributed by atoms with Crippen LogP contribution in [0.2, 0.25) is 0 Å². The quantitative estimate of drug-likeness (QED) is 0.380. The van der Waals surface area contributed by atoms with Crippen molar-refractivity contribution in [2.75, 3.05) is 7.11 Å². The molecule has 0 aromatic heterocycles. The maximum Gasteiger partial charge on any atom is 0.334 e. The monoisotopic (exact) mass is 322 g/mol. The van der Waals surface area contributed by atoms with Gasteiger partial charge in [-0.05, 0) is 28.9 Å². The summed E-state index contributed by atoms with van der Waals surface area (Å²) < 4.78 is 4.70. The van der Waals surface area contributed by atoms with Crippen LogP contribution in [0.1, 0.15) is 17.5 Å². The van der Waals surface area contributed by atoms with Gasteiger partial charge in [-0.1, -0.05) is 60.7 Å². The molecule has 4 nitrogen and oxygen atoms in total. The van der Waals surface area contributed by atoms with E-state index in [4.69, 9.17) is 9.84 Å². The lowest BCUT2D eigenvalue weighted by Gasteiger charge is -2.07. The zero-order valence-electron chi connectivity index (χ0n) is 13.3. The second-order valence-corrected chi connectivity index (χ2v) is 5.11. The van der Waals surface area contributed by atoms with Gasteiger partial charge in [0.1, 0.15) is 0 Å². The van der Waals surface area contributed by atoms with Crippen molar-refractivity contribution in [2.45, 2.75) is 6.42 Å². The molecular formula is C20H18O4. The fourth-order valence-corrected chi connectivity index (χ4v) is 2.23. The molecule has 0 amide bonds. The lowest BCUT2D eigenvalue weighted by Crippen LogP contribution is -2.09. The van der Waals surface area contributed by atoms with Crippen LogP contribution in [0, 0.1) is 0 Å². The standard InChI is InChI=1S/C20H18O4/c1-24-20(23)18(14-19(21)22)13-17(16-10-6-3-7-11-16)12-15-8-4-2-5-9-15/h2-13H,14H2,1H3,(H,21,22)/b17-12+,18-13-. The second-order valence-electron chi connectivity index (χ2n) is 5.11. The number of carboxylic acids is 1. The summed E-state index contributed by atoms with van der Waals surface area (Å²) in [5.74, 6) is -1.73. The van der Waals surface area contributed by atoms with Crippen LogP contribution in [-0.2, 0) is 14.3 Å². The van der Waals surface area contributed by atoms with E-state index in [2.05, 4.69) is 0 Å². The number of esters is 1. The summed E-state index contributed by atoms with van der Waals surface area (Å²) in [5, 5.41) is 9.03. The summed E-state index contributed by atoms with van der Waals surface area (Å²) in [6.45, 7) is 0. The highest BCUT2D eigenvalue weighted by Crippen LogP contribution is 2.22. The van der Waals surface area contributed by atoms with Crippen molar-refractivity contribution in [3.63, 3.8) is 0 Å². The molecule has 0 spiro atoms. The van der Waals surface area contributed by atoms with Gasteiger partial charge < -0.3 is 9.84 Å². The van der Waals surface area contributed by atoms with Crippen LogP contribution in [0.15, 0.2) is 72.3 Å². The number of ether oxygens (including phenoxy) is 1. The van der Waals surface area contributed by atoms with Crippen molar-refractivity contribution in [2.24, 2.45) is 0 Å². The molecule has 0 aliphatic carbocycles. The van der Waals surface area contributed by atoms with E-state index in [-0.39, 0.29) is 5.57 Å². The Hall–Kier alpha value is -3.14. The number of benzene rings is 2. The Morgan fingerprint density at radius 2 is 1.58 bits per heavy atom. The van der Waals surface area contributed by atoms with E-state index in [1.54, 1.807) is 6.08 Å². The Morgan fingerprint density at radius 1 is 1.00 bits per heavy atom. The molecule has 0 unspecified atom stereocenters. The topological polar surface area (TPSA) is 63.6 Å². The summed E-state index contributed by atoms with van der Waals surface area (Å²) in [6.07, 6.45) is 3.08. The third-order valence-corrected chi connectivity index (χ3v) is 3.35. The number of carbonyl (C=O) groups is 2. The molecule has 0 fully saturated rings. The van der Waals surface area contributed by atoms with Gasteiger partial charge in [-0.3, -0.25) is 4.79 Å². The molecule has 0 aliphatic rings. The lowest BCUT2D eigenvalue weighted by molar-refractivity contribution is -0.141. The number of carbonyl (C=O) groups excluding carboxylic acids is 1. The zero-order valence-corrected chi connectivity index (χ0v) is 13.3. The van der Waals surface area contributed by atoms with Gasteiger partial charge in [0, 0.05) is 5.57 Å². The van der Waals surface area contributed by atoms with Crippen molar-refractivity contribution in [1.29, 1.82) is 0 Å². The summed E-state index contributed by atoms with van der Waals surface area (Å²) in [4.78, 5) is 22.9. The molecule has 122 valence electrons. The molecule has 2 aromatic rings. The van der Waals surface area contributed by atoms with E-state index >= 15 is 0 Å². The van der Waals surface area contributed by atoms with Crippen LogP contribution < -0.4 is 0 Å². The van der Waals surface area contributed by atoms with Crippen molar-refractivity contribution in [1.82, 2.24) is 0 Å². The average molecular weight is 322 g/mol. The van der Waals surface area contributed by atoms with Gasteiger partial charge in [-0.2, -0.15) is 0 Å². The number of hydrogen-bond acceptors (Lipinski definition) is 3. The summed E-state index contributed by atoms with van der Waals surface area (Å²) >= 11 is 0. The molecule has 0 aliphatic heterocycles. The Balaban J connectivity index is 2.52. The molecule has 1 N–H and O–H groups in total. The molecule has 0 radical (unpaired) electrons. The Labute approximate surface area is 140 Å². The Bertz CT molecular complexity index is 759. The Kier molecular flexibility index (Phi) is 6.08. The van der Waals surface area contributed by atoms with E-state index < -0.39 is 18.4 Å². The van der Waals surface area contributed by atoms with Gasteiger partial charge in [0.2, 0.25) is 0 Å². The lowest BCUT2D eigenvalue weighted by atomic mass is 9.99. The first-order valence-corrected chi connectivity index (χ1v) is 7.43. The fourth-order valence-electron chi connectivity index (χ4n) is 2.23. The number of allylic oxidation sites excluding steroid dienone is 2. The van der Waals surface area contributed by atoms with E-state index in [1.807, 2.05) is 66.7 Å². The van der Waals surface area contributed by atoms with Crippen LogP contribution in [0.5, 0.6) is 0 Å². The van der Waals surface area contributed by atoms with Crippen molar-refractivity contribution in [3.8, 4) is 0 Å². The molecule has 2 rings (SSSR count). The van der Waals surface area contributed by atoms with Crippen molar-refractivity contribution >= 4 is 23.6 Å². The minimum absolute atomic E-state index is 0.0936. The second kappa shape index (κ2) is 8.48. The summed E-state index contributed by atoms with van der Waals surface area (Å²) in [5.41, 5.74) is 2.67. The fraction of sp³-hybridized carbons (Fsp3) is 0.100. The van der Waals surface area contributed by atoms with Crippen LogP contribution in [0.3, 0.4) is 0 Å². The number of carboxylic acid groups (broad SMARTS) is 1. The SMILES string of the molecule is COC(=O)/C(=C\C(=C/c1ccccc1)c1ccccc1)CC(=O)O. The third kappa shape index (κ3) is 4.95. The zero-order chi connectivity index (χ0) is 17.4. The Morgan fingerprint density at radius 3 is 2.12 bits per heavy atom. The highest BCUT2D eigenvalue weighted by molar-refractivity contribution is 5.99. The molecule has 0 bridgehead atoms. The van der Waals surface area contributed by atoms with Gasteiger partial charge in [0.15, 0.2) is 0 Å². The average Bonchev–Trinajstić information content (AvgIpc) is 2.61. The van der Waals surface area contributed by atoms with Gasteiger partial charge in [0.25, 0.3) is 0 Å². The van der Waals surface area contributed by atoms with Crippen molar-refractivity contribution < 1.29 is 19.4 Å². The normalized spacial score (nSPS) is 11.9. The first-order chi connectivity index (χ1) is 11.6. The smallest absolute Gasteiger partial charge is 0.334 e. The maximum absolute atomic E-state index is 11.9. The third-order valence-electron chi connectivity index (χ3n) is 3.35. The maximum atomic E-state index is 11.9. The van der Waals surface area contributed by atoms with E-state index in [1.165, 1.54) is 7.11 Å². The van der Waals surface area contributed by atoms with Crippen LogP contribution in [0.4, 0.5) is 0 Å². The molecule has 24 heavy (non-hydrogen) atoms. The first-order valence-electron chi connectivity index (χ1n) is 7.43. The molecule has 4 heteroatoms. The largest absolute Gasteiger partial charge is 0.481 e. The highest BCUT2D eigenvalue weighted by atomic mass is 16.5. The van der Waals surface area contributed by atoms with Gasteiger partial charge in [-0.15, -0.1) is 0 Å². The van der Waals surface area contributed by atoms with E-state index in [9.17, 15) is 9.59 Å². The highest BCUT2D eigenvalue weighted by Gasteiger charge is 2.15. The van der Waals surface area contributed by atoms with Gasteiger partial charge in [-0.25, -0.2) is 4.79 Å². The molecule has 0 heterocycles. The van der Waals surface area contributed by atoms with Gasteiger partial charge in [0.05, 0.1) is 13.5 Å². The number of methoxy groups -OCH3 is 1. The van der Waals surface area contributed by atoms with Crippen LogP contribution in [0.25, 0.3) is 11.6 Å². The molecule has 2 aromatic carbocycles. The number of hydrogen-bond donors (Lipinski definition) is 1. The van der Waals surface area contributed by atoms with Crippen LogP contribution in [-0.4, -0.2) is 24.2 Å². The molecule has 0 atom stereocenters. The number of rotatable bonds is 6. The first kappa shape index (κ1) is 17.2.